The predicted octanol–water partition coefficient (Wildman–Crippen LogP) is 3.67. The van der Waals surface area contributed by atoms with Crippen molar-refractivity contribution in [2.24, 2.45) is 0 Å². The number of carbonyl (C=O) groups excluding carboxylic acids is 1. The minimum atomic E-state index is -0.479. The second-order valence-electron chi connectivity index (χ2n) is 3.81. The third-order valence-electron chi connectivity index (χ3n) is 2.35. The van der Waals surface area contributed by atoms with Gasteiger partial charge in [-0.25, -0.2) is 14.2 Å². The number of benzene rings is 1. The van der Waals surface area contributed by atoms with Crippen LogP contribution in [0.25, 0.3) is 6.08 Å². The first-order valence-electron chi connectivity index (χ1n) is 5.75. The van der Waals surface area contributed by atoms with Crippen LogP contribution in [0.5, 0.6) is 0 Å². The first-order valence-corrected chi connectivity index (χ1v) is 6.13. The van der Waals surface area contributed by atoms with Crippen LogP contribution >= 0.6 is 11.6 Å². The summed E-state index contributed by atoms with van der Waals surface area (Å²) in [6.07, 6.45) is 4.24. The van der Waals surface area contributed by atoms with Crippen molar-refractivity contribution in [3.8, 4) is 0 Å². The van der Waals surface area contributed by atoms with Crippen molar-refractivity contribution < 1.29 is 9.18 Å². The SMILES string of the molecule is O=C(N/C=C/c1ccccc1F)Nc1ccc(Cl)cn1. The zero-order chi connectivity index (χ0) is 14.4. The summed E-state index contributed by atoms with van der Waals surface area (Å²) in [6, 6.07) is 8.96. The smallest absolute Gasteiger partial charge is 0.314 e. The molecule has 0 saturated carbocycles. The highest BCUT2D eigenvalue weighted by Gasteiger charge is 2.00. The minimum absolute atomic E-state index is 0.356. The molecule has 1 heterocycles. The number of amides is 2. The van der Waals surface area contributed by atoms with Gasteiger partial charge in [0.15, 0.2) is 0 Å². The number of pyridine rings is 1. The molecule has 0 bridgehead atoms. The predicted molar refractivity (Wildman–Crippen MR) is 76.8 cm³/mol. The maximum absolute atomic E-state index is 13.3. The maximum Gasteiger partial charge on any atom is 0.324 e. The Bertz CT molecular complexity index is 629. The average Bonchev–Trinajstić information content (AvgIpc) is 2.43. The van der Waals surface area contributed by atoms with Crippen molar-refractivity contribution in [3.05, 3.63) is 65.2 Å². The Morgan fingerprint density at radius 2 is 2.05 bits per heavy atom. The van der Waals surface area contributed by atoms with E-state index in [1.165, 1.54) is 24.5 Å². The summed E-state index contributed by atoms with van der Waals surface area (Å²) >= 11 is 5.68. The van der Waals surface area contributed by atoms with Crippen molar-refractivity contribution in [2.45, 2.75) is 0 Å². The van der Waals surface area contributed by atoms with Crippen LogP contribution in [-0.2, 0) is 0 Å². The molecule has 0 fully saturated rings. The summed E-state index contributed by atoms with van der Waals surface area (Å²) < 4.78 is 13.3. The van der Waals surface area contributed by atoms with Gasteiger partial charge in [-0.3, -0.25) is 5.32 Å². The molecule has 0 spiro atoms. The number of nitrogens with one attached hydrogen (secondary N) is 2. The number of hydrogen-bond acceptors (Lipinski definition) is 2. The second kappa shape index (κ2) is 6.68. The highest BCUT2D eigenvalue weighted by atomic mass is 35.5. The van der Waals surface area contributed by atoms with Crippen LogP contribution in [0, 0.1) is 5.82 Å². The molecule has 2 amide bonds. The number of urea groups is 1. The Labute approximate surface area is 120 Å². The van der Waals surface area contributed by atoms with Gasteiger partial charge in [-0.15, -0.1) is 0 Å². The fourth-order valence-electron chi connectivity index (χ4n) is 1.42. The fourth-order valence-corrected chi connectivity index (χ4v) is 1.53. The molecular weight excluding hydrogens is 281 g/mol. The Morgan fingerprint density at radius 3 is 2.75 bits per heavy atom. The number of rotatable bonds is 3. The van der Waals surface area contributed by atoms with E-state index < -0.39 is 6.03 Å². The quantitative estimate of drug-likeness (QED) is 0.906. The van der Waals surface area contributed by atoms with Gasteiger partial charge in [0.2, 0.25) is 0 Å². The molecule has 0 atom stereocenters. The van der Waals surface area contributed by atoms with Gasteiger partial charge in [-0.05, 0) is 24.3 Å². The monoisotopic (exact) mass is 291 g/mol. The summed E-state index contributed by atoms with van der Waals surface area (Å²) in [5.41, 5.74) is 0.386. The van der Waals surface area contributed by atoms with Crippen LogP contribution < -0.4 is 10.6 Å². The van der Waals surface area contributed by atoms with E-state index in [1.54, 1.807) is 30.3 Å². The van der Waals surface area contributed by atoms with E-state index in [-0.39, 0.29) is 5.82 Å². The number of halogens is 2. The van der Waals surface area contributed by atoms with Gasteiger partial charge in [0.05, 0.1) is 5.02 Å². The van der Waals surface area contributed by atoms with Gasteiger partial charge in [-0.1, -0.05) is 29.8 Å². The van der Waals surface area contributed by atoms with E-state index in [0.29, 0.717) is 16.4 Å². The van der Waals surface area contributed by atoms with Crippen LogP contribution in [0.3, 0.4) is 0 Å². The Hall–Kier alpha value is -2.40. The van der Waals surface area contributed by atoms with Gasteiger partial charge in [0.25, 0.3) is 0 Å². The van der Waals surface area contributed by atoms with E-state index >= 15 is 0 Å². The largest absolute Gasteiger partial charge is 0.324 e. The molecule has 0 aliphatic carbocycles. The molecule has 0 aliphatic rings. The van der Waals surface area contributed by atoms with Crippen molar-refractivity contribution in [1.82, 2.24) is 10.3 Å². The fraction of sp³-hybridized carbons (Fsp3) is 0. The van der Waals surface area contributed by atoms with Gasteiger partial charge < -0.3 is 5.32 Å². The normalized spacial score (nSPS) is 10.5. The summed E-state index contributed by atoms with van der Waals surface area (Å²) in [6.45, 7) is 0. The van der Waals surface area contributed by atoms with E-state index in [2.05, 4.69) is 15.6 Å². The Balaban J connectivity index is 1.89. The molecule has 0 unspecified atom stereocenters. The first kappa shape index (κ1) is 14.0. The lowest BCUT2D eigenvalue weighted by atomic mass is 10.2. The lowest BCUT2D eigenvalue weighted by Gasteiger charge is -2.03. The Kier molecular flexibility index (Phi) is 4.68. The molecule has 1 aromatic heterocycles. The van der Waals surface area contributed by atoms with E-state index in [9.17, 15) is 9.18 Å². The van der Waals surface area contributed by atoms with Crippen molar-refractivity contribution in [3.63, 3.8) is 0 Å². The summed E-state index contributed by atoms with van der Waals surface area (Å²) in [5, 5.41) is 5.44. The lowest BCUT2D eigenvalue weighted by Crippen LogP contribution is -2.24. The first-order chi connectivity index (χ1) is 9.65. The average molecular weight is 292 g/mol. The van der Waals surface area contributed by atoms with Gasteiger partial charge in [0.1, 0.15) is 11.6 Å². The maximum atomic E-state index is 13.3. The number of nitrogens with zero attached hydrogens (tertiary/aromatic N) is 1. The van der Waals surface area contributed by atoms with E-state index in [0.717, 1.165) is 0 Å². The molecule has 0 aliphatic heterocycles. The summed E-state index contributed by atoms with van der Waals surface area (Å²) in [7, 11) is 0. The molecule has 1 aromatic carbocycles. The molecular formula is C14H11ClFN3O. The van der Waals surface area contributed by atoms with Gasteiger partial charge in [-0.2, -0.15) is 0 Å². The molecule has 102 valence electrons. The van der Waals surface area contributed by atoms with E-state index in [4.69, 9.17) is 11.6 Å². The molecule has 20 heavy (non-hydrogen) atoms. The highest BCUT2D eigenvalue weighted by molar-refractivity contribution is 6.30. The number of carbonyl (C=O) groups is 1. The van der Waals surface area contributed by atoms with Gasteiger partial charge >= 0.3 is 6.03 Å². The third-order valence-corrected chi connectivity index (χ3v) is 2.58. The van der Waals surface area contributed by atoms with Crippen LogP contribution in [0.15, 0.2) is 48.8 Å². The minimum Gasteiger partial charge on any atom is -0.314 e. The number of anilines is 1. The highest BCUT2D eigenvalue weighted by Crippen LogP contribution is 2.09. The second-order valence-corrected chi connectivity index (χ2v) is 4.25. The lowest BCUT2D eigenvalue weighted by molar-refractivity contribution is 0.255. The van der Waals surface area contributed by atoms with Gasteiger partial charge in [0, 0.05) is 18.0 Å². The zero-order valence-corrected chi connectivity index (χ0v) is 11.1. The molecule has 2 rings (SSSR count). The molecule has 0 saturated heterocycles. The summed E-state index contributed by atoms with van der Waals surface area (Å²) in [4.78, 5) is 15.4. The van der Waals surface area contributed by atoms with Crippen molar-refractivity contribution in [1.29, 1.82) is 0 Å². The van der Waals surface area contributed by atoms with Crippen LogP contribution in [0.4, 0.5) is 15.0 Å². The molecule has 0 radical (unpaired) electrons. The van der Waals surface area contributed by atoms with Crippen molar-refractivity contribution in [2.75, 3.05) is 5.32 Å². The van der Waals surface area contributed by atoms with Crippen LogP contribution in [0.1, 0.15) is 5.56 Å². The third kappa shape index (κ3) is 4.07. The topological polar surface area (TPSA) is 54.0 Å². The van der Waals surface area contributed by atoms with E-state index in [1.807, 2.05) is 0 Å². The standard InChI is InChI=1S/C14H11ClFN3O/c15-11-5-6-13(18-9-11)19-14(20)17-8-7-10-3-1-2-4-12(10)16/h1-9H,(H2,17,18,19,20)/b8-7+. The number of hydrogen-bond donors (Lipinski definition) is 2. The Morgan fingerprint density at radius 1 is 1.25 bits per heavy atom. The molecule has 2 aromatic rings. The summed E-state index contributed by atoms with van der Waals surface area (Å²) in [5.74, 6) is 0.0107. The van der Waals surface area contributed by atoms with Crippen LogP contribution in [0.2, 0.25) is 5.02 Å². The molecule has 4 nitrogen and oxygen atoms in total. The molecule has 2 N–H and O–H groups in total. The zero-order valence-electron chi connectivity index (χ0n) is 10.3. The van der Waals surface area contributed by atoms with Crippen molar-refractivity contribution >= 4 is 29.5 Å². The number of aromatic nitrogens is 1. The van der Waals surface area contributed by atoms with Crippen LogP contribution in [-0.4, -0.2) is 11.0 Å². The molecule has 6 heteroatoms.